The topological polar surface area (TPSA) is 66.5 Å². The highest BCUT2D eigenvalue weighted by molar-refractivity contribution is 7.98. The van der Waals surface area contributed by atoms with Crippen molar-refractivity contribution in [1.29, 1.82) is 0 Å². The molecule has 5 nitrogen and oxygen atoms in total. The summed E-state index contributed by atoms with van der Waals surface area (Å²) in [7, 11) is -4.11. The van der Waals surface area contributed by atoms with E-state index in [-0.39, 0.29) is 9.90 Å². The maximum atomic E-state index is 14.5. The van der Waals surface area contributed by atoms with Crippen LogP contribution in [0.5, 0.6) is 0 Å². The van der Waals surface area contributed by atoms with Crippen molar-refractivity contribution in [2.75, 3.05) is 16.2 Å². The Bertz CT molecular complexity index is 1340. The third kappa shape index (κ3) is 5.85. The van der Waals surface area contributed by atoms with Crippen LogP contribution in [0.4, 0.5) is 15.8 Å². The minimum absolute atomic E-state index is 0.0313. The lowest BCUT2D eigenvalue weighted by Crippen LogP contribution is -2.38. The van der Waals surface area contributed by atoms with Gasteiger partial charge in [0.25, 0.3) is 10.0 Å². The van der Waals surface area contributed by atoms with Crippen LogP contribution in [0, 0.1) is 5.82 Å². The first-order chi connectivity index (χ1) is 16.4. The highest BCUT2D eigenvalue weighted by Crippen LogP contribution is 2.28. The van der Waals surface area contributed by atoms with Crippen molar-refractivity contribution in [2.24, 2.45) is 0 Å². The summed E-state index contributed by atoms with van der Waals surface area (Å²) >= 11 is 2.72. The summed E-state index contributed by atoms with van der Waals surface area (Å²) in [6.07, 6.45) is 0. The van der Waals surface area contributed by atoms with Crippen molar-refractivity contribution in [2.45, 2.75) is 14.9 Å². The van der Waals surface area contributed by atoms with Crippen molar-refractivity contribution in [3.63, 3.8) is 0 Å². The maximum Gasteiger partial charge on any atom is 0.274 e. The predicted octanol–water partition coefficient (Wildman–Crippen LogP) is 6.01. The number of sulfonamides is 1. The number of halogens is 1. The number of benzene rings is 3. The maximum absolute atomic E-state index is 14.5. The van der Waals surface area contributed by atoms with Crippen LogP contribution in [-0.4, -0.2) is 20.9 Å². The minimum atomic E-state index is -4.11. The van der Waals surface area contributed by atoms with Gasteiger partial charge in [0.1, 0.15) is 16.6 Å². The van der Waals surface area contributed by atoms with E-state index in [1.165, 1.54) is 29.2 Å². The van der Waals surface area contributed by atoms with E-state index in [0.717, 1.165) is 33.0 Å². The first-order valence-corrected chi connectivity index (χ1v) is 13.6. The molecule has 174 valence electrons. The van der Waals surface area contributed by atoms with Gasteiger partial charge in [-0.2, -0.15) is 0 Å². The second-order valence-electron chi connectivity index (χ2n) is 7.24. The monoisotopic (exact) mass is 512 g/mol. The SMILES string of the molecule is O=C(CN(c1ccccc1F)S(=O)(=O)c1cccs1)Nc1ccc(CSc2ccccc2)cc1. The van der Waals surface area contributed by atoms with Crippen LogP contribution >= 0.6 is 23.1 Å². The number of thiophene rings is 1. The molecule has 0 bridgehead atoms. The van der Waals surface area contributed by atoms with E-state index in [9.17, 15) is 17.6 Å². The number of nitrogens with zero attached hydrogens (tertiary/aromatic N) is 1. The third-order valence-electron chi connectivity index (χ3n) is 4.83. The Hall–Kier alpha value is -3.14. The fraction of sp³-hybridized carbons (Fsp3) is 0.0800. The summed E-state index contributed by atoms with van der Waals surface area (Å²) in [5, 5.41) is 4.32. The first-order valence-electron chi connectivity index (χ1n) is 10.3. The molecule has 0 saturated carbocycles. The molecule has 0 aliphatic carbocycles. The Kier molecular flexibility index (Phi) is 7.66. The zero-order valence-corrected chi connectivity index (χ0v) is 20.4. The van der Waals surface area contributed by atoms with E-state index in [1.807, 2.05) is 42.5 Å². The molecule has 0 fully saturated rings. The Morgan fingerprint density at radius 2 is 1.62 bits per heavy atom. The molecule has 4 aromatic rings. The second kappa shape index (κ2) is 10.9. The average Bonchev–Trinajstić information content (AvgIpc) is 3.39. The third-order valence-corrected chi connectivity index (χ3v) is 9.05. The van der Waals surface area contributed by atoms with Crippen molar-refractivity contribution in [3.05, 3.63) is 108 Å². The molecule has 1 aromatic heterocycles. The van der Waals surface area contributed by atoms with Crippen molar-refractivity contribution < 1.29 is 17.6 Å². The fourth-order valence-electron chi connectivity index (χ4n) is 3.17. The smallest absolute Gasteiger partial charge is 0.274 e. The number of carbonyl (C=O) groups excluding carboxylic acids is 1. The molecule has 0 atom stereocenters. The number of rotatable bonds is 9. The molecule has 0 radical (unpaired) electrons. The normalized spacial score (nSPS) is 11.2. The van der Waals surface area contributed by atoms with Crippen molar-refractivity contribution in [1.82, 2.24) is 0 Å². The number of thioether (sulfide) groups is 1. The quantitative estimate of drug-likeness (QED) is 0.279. The predicted molar refractivity (Wildman–Crippen MR) is 136 cm³/mol. The van der Waals surface area contributed by atoms with Crippen LogP contribution in [0.1, 0.15) is 5.56 Å². The lowest BCUT2D eigenvalue weighted by Gasteiger charge is -2.23. The van der Waals surface area contributed by atoms with Gasteiger partial charge in [0.05, 0.1) is 5.69 Å². The number of nitrogens with one attached hydrogen (secondary N) is 1. The summed E-state index contributed by atoms with van der Waals surface area (Å²) in [5.74, 6) is -0.524. The van der Waals surface area contributed by atoms with Crippen LogP contribution in [-0.2, 0) is 20.6 Å². The summed E-state index contributed by atoms with van der Waals surface area (Å²) in [6.45, 7) is -0.563. The van der Waals surface area contributed by atoms with Gasteiger partial charge in [0.15, 0.2) is 0 Å². The molecule has 34 heavy (non-hydrogen) atoms. The van der Waals surface area contributed by atoms with Crippen molar-refractivity contribution in [3.8, 4) is 0 Å². The number of amides is 1. The van der Waals surface area contributed by atoms with E-state index in [1.54, 1.807) is 35.3 Å². The van der Waals surface area contributed by atoms with Gasteiger partial charge in [-0.25, -0.2) is 12.8 Å². The molecule has 3 aromatic carbocycles. The van der Waals surface area contributed by atoms with Gasteiger partial charge in [0.2, 0.25) is 5.91 Å². The summed E-state index contributed by atoms with van der Waals surface area (Å²) in [4.78, 5) is 13.9. The van der Waals surface area contributed by atoms with Gasteiger partial charge in [-0.3, -0.25) is 9.10 Å². The number of para-hydroxylation sites is 1. The van der Waals surface area contributed by atoms with E-state index in [0.29, 0.717) is 5.69 Å². The van der Waals surface area contributed by atoms with E-state index < -0.39 is 28.3 Å². The van der Waals surface area contributed by atoms with Crippen LogP contribution in [0.15, 0.2) is 105 Å². The van der Waals surface area contributed by atoms with Gasteiger partial charge in [-0.1, -0.05) is 48.5 Å². The van der Waals surface area contributed by atoms with Crippen LogP contribution in [0.3, 0.4) is 0 Å². The van der Waals surface area contributed by atoms with Gasteiger partial charge < -0.3 is 5.32 Å². The molecule has 1 amide bonds. The molecular weight excluding hydrogens is 491 g/mol. The van der Waals surface area contributed by atoms with Gasteiger partial charge in [-0.05, 0) is 53.4 Å². The highest BCUT2D eigenvalue weighted by Gasteiger charge is 2.29. The molecule has 1 heterocycles. The molecule has 0 aliphatic rings. The molecule has 0 aliphatic heterocycles. The number of hydrogen-bond donors (Lipinski definition) is 1. The van der Waals surface area contributed by atoms with Crippen molar-refractivity contribution >= 4 is 50.4 Å². The summed E-state index contributed by atoms with van der Waals surface area (Å²) in [6, 6.07) is 25.9. The minimum Gasteiger partial charge on any atom is -0.325 e. The molecule has 4 rings (SSSR count). The second-order valence-corrected chi connectivity index (χ2v) is 11.3. The zero-order chi connectivity index (χ0) is 24.0. The van der Waals surface area contributed by atoms with Gasteiger partial charge in [-0.15, -0.1) is 23.1 Å². The largest absolute Gasteiger partial charge is 0.325 e. The standard InChI is InChI=1S/C25H21FN2O3S3/c26-22-9-4-5-10-23(22)28(34(30,31)25-11-6-16-32-25)17-24(29)27-20-14-12-19(13-15-20)18-33-21-7-2-1-3-8-21/h1-16H,17-18H2,(H,27,29). The summed E-state index contributed by atoms with van der Waals surface area (Å²) < 4.78 is 41.6. The first kappa shape index (κ1) is 24.0. The van der Waals surface area contributed by atoms with Gasteiger partial charge >= 0.3 is 0 Å². The number of hydrogen-bond acceptors (Lipinski definition) is 5. The number of carbonyl (C=O) groups is 1. The summed E-state index contributed by atoms with van der Waals surface area (Å²) in [5.41, 5.74) is 1.43. The molecule has 0 unspecified atom stereocenters. The fourth-order valence-corrected chi connectivity index (χ4v) is 6.58. The Labute approximate surface area is 206 Å². The zero-order valence-electron chi connectivity index (χ0n) is 17.9. The van der Waals surface area contributed by atoms with Crippen LogP contribution in [0.25, 0.3) is 0 Å². The van der Waals surface area contributed by atoms with E-state index in [2.05, 4.69) is 5.32 Å². The Balaban J connectivity index is 1.46. The van der Waals surface area contributed by atoms with Crippen LogP contribution in [0.2, 0.25) is 0 Å². The average molecular weight is 513 g/mol. The number of anilines is 2. The molecular formula is C25H21FN2O3S3. The Morgan fingerprint density at radius 1 is 0.912 bits per heavy atom. The molecule has 0 saturated heterocycles. The lowest BCUT2D eigenvalue weighted by molar-refractivity contribution is -0.114. The van der Waals surface area contributed by atoms with Gasteiger partial charge in [0, 0.05) is 16.3 Å². The highest BCUT2D eigenvalue weighted by atomic mass is 32.2. The van der Waals surface area contributed by atoms with E-state index in [4.69, 9.17) is 0 Å². The van der Waals surface area contributed by atoms with E-state index >= 15 is 0 Å². The van der Waals surface area contributed by atoms with Crippen LogP contribution < -0.4 is 9.62 Å². The lowest BCUT2D eigenvalue weighted by atomic mass is 10.2. The Morgan fingerprint density at radius 3 is 2.29 bits per heavy atom. The molecule has 1 N–H and O–H groups in total. The molecule has 0 spiro atoms. The molecule has 9 heteroatoms.